The fourth-order valence-electron chi connectivity index (χ4n) is 2.77. The van der Waals surface area contributed by atoms with Gasteiger partial charge in [0, 0.05) is 13.1 Å². The summed E-state index contributed by atoms with van der Waals surface area (Å²) in [5, 5.41) is 3.86. The molecule has 1 aliphatic heterocycles. The lowest BCUT2D eigenvalue weighted by molar-refractivity contribution is -0.132. The average Bonchev–Trinajstić information content (AvgIpc) is 2.94. The number of amides is 1. The molecular weight excluding hydrogens is 280 g/mol. The van der Waals surface area contributed by atoms with Crippen LogP contribution in [0.4, 0.5) is 0 Å². The quantitative estimate of drug-likeness (QED) is 0.722. The first-order valence-corrected chi connectivity index (χ1v) is 7.69. The van der Waals surface area contributed by atoms with Gasteiger partial charge in [0.1, 0.15) is 0 Å². The second-order valence-electron chi connectivity index (χ2n) is 5.54. The van der Waals surface area contributed by atoms with E-state index in [1.807, 2.05) is 0 Å². The summed E-state index contributed by atoms with van der Waals surface area (Å²) in [5.41, 5.74) is 0. The molecule has 0 N–H and O–H groups in total. The van der Waals surface area contributed by atoms with E-state index in [-0.39, 0.29) is 11.9 Å². The molecular formula is C16H24N4O2. The predicted octanol–water partition coefficient (Wildman–Crippen LogP) is 2.11. The number of aromatic nitrogens is 2. The Kier molecular flexibility index (Phi) is 5.89. The summed E-state index contributed by atoms with van der Waals surface area (Å²) in [6.07, 6.45) is 6.60. The summed E-state index contributed by atoms with van der Waals surface area (Å²) in [7, 11) is 0. The zero-order valence-corrected chi connectivity index (χ0v) is 13.2. The molecule has 2 rings (SSSR count). The van der Waals surface area contributed by atoms with Crippen molar-refractivity contribution in [2.45, 2.75) is 32.2 Å². The van der Waals surface area contributed by atoms with Crippen molar-refractivity contribution in [2.24, 2.45) is 0 Å². The number of carbonyl (C=O) groups excluding carboxylic acids is 1. The average molecular weight is 304 g/mol. The Bertz CT molecular complexity index is 516. The van der Waals surface area contributed by atoms with Crippen molar-refractivity contribution in [3.8, 4) is 0 Å². The summed E-state index contributed by atoms with van der Waals surface area (Å²) in [4.78, 5) is 20.7. The van der Waals surface area contributed by atoms with Gasteiger partial charge in [0.25, 0.3) is 0 Å². The summed E-state index contributed by atoms with van der Waals surface area (Å²) in [6.45, 7) is 11.5. The maximum atomic E-state index is 12.5. The Morgan fingerprint density at radius 3 is 2.73 bits per heavy atom. The number of carbonyl (C=O) groups is 1. The Morgan fingerprint density at radius 2 is 2.14 bits per heavy atom. The molecule has 0 bridgehead atoms. The maximum Gasteiger partial charge on any atom is 0.243 e. The van der Waals surface area contributed by atoms with Gasteiger partial charge in [0.15, 0.2) is 5.82 Å². The molecule has 1 aromatic heterocycles. The summed E-state index contributed by atoms with van der Waals surface area (Å²) in [5.74, 6) is 1.32. The van der Waals surface area contributed by atoms with Gasteiger partial charge in [-0.3, -0.25) is 9.69 Å². The zero-order chi connectivity index (χ0) is 15.9. The smallest absolute Gasteiger partial charge is 0.243 e. The van der Waals surface area contributed by atoms with E-state index in [0.29, 0.717) is 31.3 Å². The number of rotatable bonds is 7. The summed E-state index contributed by atoms with van der Waals surface area (Å²) in [6, 6.07) is 0.0354. The lowest BCUT2D eigenvalue weighted by Crippen LogP contribution is -2.43. The van der Waals surface area contributed by atoms with Crippen LogP contribution in [0.5, 0.6) is 0 Å². The van der Waals surface area contributed by atoms with E-state index in [9.17, 15) is 4.79 Å². The van der Waals surface area contributed by atoms with Crippen molar-refractivity contribution >= 4 is 5.91 Å². The van der Waals surface area contributed by atoms with Crippen LogP contribution in [0.15, 0.2) is 29.8 Å². The van der Waals surface area contributed by atoms with Gasteiger partial charge in [-0.05, 0) is 26.3 Å². The van der Waals surface area contributed by atoms with Crippen LogP contribution < -0.4 is 0 Å². The maximum absolute atomic E-state index is 12.5. The predicted molar refractivity (Wildman–Crippen MR) is 84.2 cm³/mol. The van der Waals surface area contributed by atoms with Crippen molar-refractivity contribution in [1.29, 1.82) is 0 Å². The Morgan fingerprint density at radius 1 is 1.41 bits per heavy atom. The van der Waals surface area contributed by atoms with Gasteiger partial charge < -0.3 is 9.42 Å². The number of nitrogens with zero attached hydrogens (tertiary/aromatic N) is 4. The first-order valence-electron chi connectivity index (χ1n) is 7.69. The topological polar surface area (TPSA) is 62.5 Å². The van der Waals surface area contributed by atoms with Crippen molar-refractivity contribution in [1.82, 2.24) is 19.9 Å². The lowest BCUT2D eigenvalue weighted by atomic mass is 10.0. The standard InChI is InChI=1S/C16H24N4O2/c1-4-9-19(10-5-2)15(21)12-20-11-7-6-8-14(20)16-17-13(3)18-22-16/h4-5,14H,1-2,6-12H2,3H3/t14-/m1/s1. The van der Waals surface area contributed by atoms with Gasteiger partial charge in [-0.25, -0.2) is 0 Å². The molecule has 120 valence electrons. The molecule has 1 amide bonds. The highest BCUT2D eigenvalue weighted by atomic mass is 16.5. The number of hydrogen-bond donors (Lipinski definition) is 0. The highest BCUT2D eigenvalue weighted by Gasteiger charge is 2.30. The minimum atomic E-state index is 0.0354. The molecule has 6 heteroatoms. The van der Waals surface area contributed by atoms with E-state index in [1.54, 1.807) is 24.0 Å². The fourth-order valence-corrected chi connectivity index (χ4v) is 2.77. The van der Waals surface area contributed by atoms with Crippen LogP contribution >= 0.6 is 0 Å². The molecule has 1 aromatic rings. The van der Waals surface area contributed by atoms with Crippen molar-refractivity contribution in [2.75, 3.05) is 26.2 Å². The van der Waals surface area contributed by atoms with E-state index >= 15 is 0 Å². The molecule has 1 atom stereocenters. The molecule has 0 radical (unpaired) electrons. The molecule has 22 heavy (non-hydrogen) atoms. The van der Waals surface area contributed by atoms with Crippen LogP contribution in [0.25, 0.3) is 0 Å². The SMILES string of the molecule is C=CCN(CC=C)C(=O)CN1CCCC[C@@H]1c1nc(C)no1. The number of aryl methyl sites for hydroxylation is 1. The minimum absolute atomic E-state index is 0.0354. The molecule has 1 aliphatic rings. The highest BCUT2D eigenvalue weighted by molar-refractivity contribution is 5.78. The van der Waals surface area contributed by atoms with Gasteiger partial charge in [0.2, 0.25) is 11.8 Å². The van der Waals surface area contributed by atoms with E-state index in [0.717, 1.165) is 25.8 Å². The number of hydrogen-bond acceptors (Lipinski definition) is 5. The molecule has 6 nitrogen and oxygen atoms in total. The minimum Gasteiger partial charge on any atom is -0.338 e. The van der Waals surface area contributed by atoms with Gasteiger partial charge in [-0.15, -0.1) is 13.2 Å². The van der Waals surface area contributed by atoms with Gasteiger partial charge in [0.05, 0.1) is 12.6 Å². The van der Waals surface area contributed by atoms with E-state index in [4.69, 9.17) is 4.52 Å². The lowest BCUT2D eigenvalue weighted by Gasteiger charge is -2.34. The zero-order valence-electron chi connectivity index (χ0n) is 13.2. The summed E-state index contributed by atoms with van der Waals surface area (Å²) < 4.78 is 5.31. The van der Waals surface area contributed by atoms with Crippen LogP contribution in [-0.4, -0.2) is 52.0 Å². The van der Waals surface area contributed by atoms with Crippen LogP contribution in [0.3, 0.4) is 0 Å². The third-order valence-electron chi connectivity index (χ3n) is 3.83. The second kappa shape index (κ2) is 7.89. The fraction of sp³-hybridized carbons (Fsp3) is 0.562. The largest absolute Gasteiger partial charge is 0.338 e. The van der Waals surface area contributed by atoms with Gasteiger partial charge >= 0.3 is 0 Å². The normalized spacial score (nSPS) is 18.9. The van der Waals surface area contributed by atoms with Gasteiger partial charge in [-0.1, -0.05) is 23.7 Å². The molecule has 0 aliphatic carbocycles. The monoisotopic (exact) mass is 304 g/mol. The van der Waals surface area contributed by atoms with Gasteiger partial charge in [-0.2, -0.15) is 4.98 Å². The van der Waals surface area contributed by atoms with E-state index < -0.39 is 0 Å². The van der Waals surface area contributed by atoms with Crippen molar-refractivity contribution < 1.29 is 9.32 Å². The Labute approximate surface area is 131 Å². The summed E-state index contributed by atoms with van der Waals surface area (Å²) >= 11 is 0. The Balaban J connectivity index is 2.05. The number of piperidine rings is 1. The van der Waals surface area contributed by atoms with Crippen LogP contribution in [0.2, 0.25) is 0 Å². The van der Waals surface area contributed by atoms with Crippen LogP contribution in [0, 0.1) is 6.92 Å². The number of likely N-dealkylation sites (tertiary alicyclic amines) is 1. The molecule has 2 heterocycles. The first-order chi connectivity index (χ1) is 10.7. The van der Waals surface area contributed by atoms with E-state index in [2.05, 4.69) is 28.2 Å². The molecule has 0 spiro atoms. The van der Waals surface area contributed by atoms with Crippen molar-refractivity contribution in [3.63, 3.8) is 0 Å². The molecule has 0 unspecified atom stereocenters. The third kappa shape index (κ3) is 4.04. The van der Waals surface area contributed by atoms with Crippen molar-refractivity contribution in [3.05, 3.63) is 37.0 Å². The third-order valence-corrected chi connectivity index (χ3v) is 3.83. The first kappa shape index (κ1) is 16.4. The molecule has 1 fully saturated rings. The van der Waals surface area contributed by atoms with Crippen LogP contribution in [-0.2, 0) is 4.79 Å². The molecule has 1 saturated heterocycles. The van der Waals surface area contributed by atoms with E-state index in [1.165, 1.54) is 0 Å². The molecule has 0 saturated carbocycles. The van der Waals surface area contributed by atoms with Crippen LogP contribution in [0.1, 0.15) is 37.0 Å². The second-order valence-corrected chi connectivity index (χ2v) is 5.54. The molecule has 0 aromatic carbocycles. The Hall–Kier alpha value is -1.95. The highest BCUT2D eigenvalue weighted by Crippen LogP contribution is 2.29.